The molecule has 0 radical (unpaired) electrons. The SMILES string of the molecule is COC(=O)N[C@H](C(=O)N[C@@H](Cc1ccccc1)[C@H](CN(Cc1ccc(-c2ccccn2)cc1)NC(=O)[C@@H](NC(=O)OC)C(C)(C)C)OC(=O)OC(OC(=O)[C@@H](NC(=O)[C@H](N)C(C)C)C(C)C)C(C)C)C(C)(C)C. The van der Waals surface area contributed by atoms with Crippen LogP contribution in [-0.4, -0.2) is 115 Å². The number of carbonyl (C=O) groups excluding carboxylic acids is 7. The zero-order valence-corrected chi connectivity index (χ0v) is 44.8. The topological polar surface area (TPSA) is 268 Å². The van der Waals surface area contributed by atoms with Gasteiger partial charge in [-0.3, -0.25) is 24.8 Å². The summed E-state index contributed by atoms with van der Waals surface area (Å²) in [4.78, 5) is 99.8. The minimum Gasteiger partial charge on any atom is -0.453 e. The van der Waals surface area contributed by atoms with E-state index in [1.54, 1.807) is 101 Å². The number of pyridine rings is 1. The Kier molecular flexibility index (Phi) is 23.1. The Hall–Kier alpha value is -6.80. The molecule has 7 N–H and O–H groups in total. The average molecular weight is 1020 g/mol. The predicted molar refractivity (Wildman–Crippen MR) is 274 cm³/mol. The lowest BCUT2D eigenvalue weighted by molar-refractivity contribution is -0.185. The van der Waals surface area contributed by atoms with Crippen LogP contribution in [0.1, 0.15) is 94.2 Å². The third-order valence-electron chi connectivity index (χ3n) is 11.7. The van der Waals surface area contributed by atoms with Crippen LogP contribution in [0, 0.1) is 28.6 Å². The van der Waals surface area contributed by atoms with E-state index in [2.05, 4.69) is 31.7 Å². The Morgan fingerprint density at radius 3 is 1.67 bits per heavy atom. The van der Waals surface area contributed by atoms with E-state index in [-0.39, 0.29) is 25.4 Å². The highest BCUT2D eigenvalue weighted by molar-refractivity contribution is 5.88. The predicted octanol–water partition coefficient (Wildman–Crippen LogP) is 6.02. The number of hydrogen-bond acceptors (Lipinski definition) is 15. The maximum Gasteiger partial charge on any atom is 0.511 e. The van der Waals surface area contributed by atoms with Gasteiger partial charge in [-0.15, -0.1) is 0 Å². The van der Waals surface area contributed by atoms with E-state index >= 15 is 0 Å². The van der Waals surface area contributed by atoms with E-state index in [4.69, 9.17) is 29.4 Å². The molecule has 20 heteroatoms. The fourth-order valence-corrected chi connectivity index (χ4v) is 7.26. The number of ether oxygens (including phenoxy) is 5. The molecule has 0 aliphatic carbocycles. The van der Waals surface area contributed by atoms with Gasteiger partial charge in [-0.05, 0) is 52.3 Å². The summed E-state index contributed by atoms with van der Waals surface area (Å²) in [7, 11) is 2.35. The zero-order valence-electron chi connectivity index (χ0n) is 44.8. The number of nitrogens with two attached hydrogens (primary N) is 1. The van der Waals surface area contributed by atoms with Crippen molar-refractivity contribution in [2.24, 2.45) is 34.3 Å². The number of carbonyl (C=O) groups is 7. The quantitative estimate of drug-likeness (QED) is 0.0274. The van der Waals surface area contributed by atoms with Gasteiger partial charge in [-0.2, -0.15) is 0 Å². The van der Waals surface area contributed by atoms with Gasteiger partial charge in [0.05, 0.1) is 38.5 Å². The van der Waals surface area contributed by atoms with Crippen molar-refractivity contribution in [2.75, 3.05) is 20.8 Å². The highest BCUT2D eigenvalue weighted by Crippen LogP contribution is 2.24. The van der Waals surface area contributed by atoms with Gasteiger partial charge in [-0.25, -0.2) is 24.2 Å². The van der Waals surface area contributed by atoms with Crippen molar-refractivity contribution in [1.29, 1.82) is 0 Å². The van der Waals surface area contributed by atoms with Gasteiger partial charge in [0.15, 0.2) is 0 Å². The van der Waals surface area contributed by atoms with E-state index in [1.807, 2.05) is 60.7 Å². The number of benzene rings is 2. The first-order chi connectivity index (χ1) is 34.1. The van der Waals surface area contributed by atoms with Crippen LogP contribution in [-0.2, 0) is 55.8 Å². The molecule has 0 saturated heterocycles. The van der Waals surface area contributed by atoms with Crippen LogP contribution in [0.15, 0.2) is 79.0 Å². The molecule has 3 aromatic rings. The molecular weight excluding hydrogens is 941 g/mol. The van der Waals surface area contributed by atoms with Gasteiger partial charge in [0.2, 0.25) is 11.8 Å². The van der Waals surface area contributed by atoms with Gasteiger partial charge >= 0.3 is 24.3 Å². The van der Waals surface area contributed by atoms with Gasteiger partial charge in [0.1, 0.15) is 24.2 Å². The van der Waals surface area contributed by atoms with E-state index in [9.17, 15) is 33.6 Å². The van der Waals surface area contributed by atoms with Crippen molar-refractivity contribution in [3.8, 4) is 11.3 Å². The molecule has 0 bridgehead atoms. The van der Waals surface area contributed by atoms with Crippen LogP contribution in [0.4, 0.5) is 14.4 Å². The fourth-order valence-electron chi connectivity index (χ4n) is 7.26. The molecule has 20 nitrogen and oxygen atoms in total. The van der Waals surface area contributed by atoms with Crippen LogP contribution in [0.25, 0.3) is 11.3 Å². The van der Waals surface area contributed by atoms with E-state index < -0.39 is 107 Å². The normalized spacial score (nSPS) is 14.6. The van der Waals surface area contributed by atoms with E-state index in [0.717, 1.165) is 11.3 Å². The highest BCUT2D eigenvalue weighted by atomic mass is 16.8. The van der Waals surface area contributed by atoms with Crippen molar-refractivity contribution in [3.63, 3.8) is 0 Å². The number of aromatic nitrogens is 1. The number of hydrogen-bond donors (Lipinski definition) is 6. The third-order valence-corrected chi connectivity index (χ3v) is 11.7. The summed E-state index contributed by atoms with van der Waals surface area (Å²) in [6, 6.07) is 16.4. The smallest absolute Gasteiger partial charge is 0.453 e. The van der Waals surface area contributed by atoms with Gasteiger partial charge in [-0.1, -0.05) is 144 Å². The van der Waals surface area contributed by atoms with Crippen molar-refractivity contribution >= 4 is 42.0 Å². The molecule has 5 amide bonds. The van der Waals surface area contributed by atoms with Crippen LogP contribution in [0.2, 0.25) is 0 Å². The summed E-state index contributed by atoms with van der Waals surface area (Å²) in [5, 5.41) is 12.4. The van der Waals surface area contributed by atoms with Crippen molar-refractivity contribution in [2.45, 2.75) is 139 Å². The fraction of sp³-hybridized carbons (Fsp3) is 0.547. The van der Waals surface area contributed by atoms with Crippen molar-refractivity contribution in [1.82, 2.24) is 36.7 Å². The Morgan fingerprint density at radius 1 is 0.616 bits per heavy atom. The third kappa shape index (κ3) is 19.6. The number of amides is 5. The molecular formula is C53H78N8O12. The molecule has 7 atom stereocenters. The lowest BCUT2D eigenvalue weighted by Gasteiger charge is -2.37. The minimum atomic E-state index is -1.54. The Morgan fingerprint density at radius 2 is 1.18 bits per heavy atom. The van der Waals surface area contributed by atoms with Crippen molar-refractivity contribution in [3.05, 3.63) is 90.1 Å². The number of rotatable bonds is 23. The first-order valence-electron chi connectivity index (χ1n) is 24.4. The molecule has 0 aliphatic rings. The molecule has 73 heavy (non-hydrogen) atoms. The molecule has 3 rings (SSSR count). The summed E-state index contributed by atoms with van der Waals surface area (Å²) in [6.07, 6.45) is -4.27. The van der Waals surface area contributed by atoms with E-state index in [1.165, 1.54) is 19.2 Å². The molecule has 0 aliphatic heterocycles. The first kappa shape index (κ1) is 60.5. The van der Waals surface area contributed by atoms with Crippen LogP contribution < -0.4 is 32.4 Å². The Bertz CT molecular complexity index is 2270. The number of alkyl carbamates (subject to hydrolysis) is 2. The second kappa shape index (κ2) is 27.9. The lowest BCUT2D eigenvalue weighted by atomic mass is 9.85. The van der Waals surface area contributed by atoms with E-state index in [0.29, 0.717) is 11.1 Å². The first-order valence-corrected chi connectivity index (χ1v) is 24.4. The standard InChI is InChI=1S/C53H78N8O12/c1-31(2)40(54)44(62)57-41(32(3)4)47(65)72-48(33(5)6)73-51(68)71-39(38(28-34-20-16-15-17-21-34)56-45(63)42(52(7,8)9)58-49(66)69-13)30-61(60-46(64)43(53(10,11)12)59-50(67)70-14)29-35-23-25-36(26-24-35)37-22-18-19-27-55-37/h15-27,31-33,38-43,48H,28-30,54H2,1-14H3,(H,56,63)(H,57,62)(H,58,66)(H,59,67)(H,60,64)/t38-,39-,40+,41-,42+,43+,48?/m0/s1. The Balaban J connectivity index is 2.22. The number of methoxy groups -OCH3 is 2. The average Bonchev–Trinajstić information content (AvgIpc) is 3.32. The van der Waals surface area contributed by atoms with Crippen LogP contribution >= 0.6 is 0 Å². The van der Waals surface area contributed by atoms with Crippen molar-refractivity contribution < 1.29 is 57.2 Å². The van der Waals surface area contributed by atoms with Gasteiger partial charge in [0.25, 0.3) is 12.2 Å². The number of hydrazine groups is 1. The monoisotopic (exact) mass is 1020 g/mol. The number of nitrogens with one attached hydrogen (secondary N) is 5. The molecule has 0 saturated carbocycles. The molecule has 1 aromatic heterocycles. The highest BCUT2D eigenvalue weighted by Gasteiger charge is 2.40. The molecule has 1 unspecified atom stereocenters. The number of nitrogens with zero attached hydrogens (tertiary/aromatic N) is 2. The largest absolute Gasteiger partial charge is 0.511 e. The number of esters is 1. The molecule has 402 valence electrons. The Labute approximate surface area is 429 Å². The maximum absolute atomic E-state index is 14.5. The van der Waals surface area contributed by atoms with Gasteiger partial charge < -0.3 is 50.7 Å². The lowest BCUT2D eigenvalue weighted by Crippen LogP contribution is -2.61. The molecule has 0 fully saturated rings. The van der Waals surface area contributed by atoms with Crippen LogP contribution in [0.3, 0.4) is 0 Å². The van der Waals surface area contributed by atoms with Crippen LogP contribution in [0.5, 0.6) is 0 Å². The molecule has 0 spiro atoms. The summed E-state index contributed by atoms with van der Waals surface area (Å²) < 4.78 is 27.5. The summed E-state index contributed by atoms with van der Waals surface area (Å²) >= 11 is 0. The molecule has 1 heterocycles. The molecule has 2 aromatic carbocycles. The zero-order chi connectivity index (χ0) is 54.8. The summed E-state index contributed by atoms with van der Waals surface area (Å²) in [6.45, 7) is 20.4. The maximum atomic E-state index is 14.5. The van der Waals surface area contributed by atoms with Gasteiger partial charge in [0, 0.05) is 24.2 Å². The second-order valence-electron chi connectivity index (χ2n) is 21.0. The minimum absolute atomic E-state index is 0.0201. The second-order valence-corrected chi connectivity index (χ2v) is 21.0. The summed E-state index contributed by atoms with van der Waals surface area (Å²) in [5.74, 6) is -4.10. The summed E-state index contributed by atoms with van der Waals surface area (Å²) in [5.41, 5.74) is 10.2.